The number of ether oxygens (including phenoxy) is 1. The Morgan fingerprint density at radius 1 is 1.50 bits per heavy atom. The summed E-state index contributed by atoms with van der Waals surface area (Å²) in [6, 6.07) is 1.72. The molecule has 0 spiro atoms. The van der Waals surface area contributed by atoms with Crippen LogP contribution in [0.1, 0.15) is 17.3 Å². The highest BCUT2D eigenvalue weighted by Crippen LogP contribution is 2.13. The minimum atomic E-state index is -0.116. The molecule has 0 saturated carbocycles. The molecule has 1 aromatic heterocycles. The number of carbonyl (C=O) groups excluding carboxylic acids is 1. The van der Waals surface area contributed by atoms with Gasteiger partial charge in [0.25, 0.3) is 5.91 Å². The van der Waals surface area contributed by atoms with Gasteiger partial charge in [0.15, 0.2) is 0 Å². The average molecular weight is 250 g/mol. The summed E-state index contributed by atoms with van der Waals surface area (Å²) in [5.74, 6) is -0.116. The van der Waals surface area contributed by atoms with E-state index in [0.29, 0.717) is 31.9 Å². The first-order chi connectivity index (χ1) is 8.81. The molecule has 0 radical (unpaired) electrons. The third kappa shape index (κ3) is 3.18. The van der Waals surface area contributed by atoms with E-state index in [-0.39, 0.29) is 5.91 Å². The molecule has 1 aliphatic heterocycles. The second kappa shape index (κ2) is 6.32. The van der Waals surface area contributed by atoms with E-state index in [1.165, 1.54) is 0 Å². The molecule has 2 heterocycles. The maximum absolute atomic E-state index is 12.1. The van der Waals surface area contributed by atoms with Crippen molar-refractivity contribution in [3.8, 4) is 0 Å². The van der Waals surface area contributed by atoms with Gasteiger partial charge in [-0.3, -0.25) is 15.2 Å². The number of anilines is 1. The van der Waals surface area contributed by atoms with E-state index < -0.39 is 0 Å². The van der Waals surface area contributed by atoms with Crippen LogP contribution in [0.4, 0.5) is 5.69 Å². The highest BCUT2D eigenvalue weighted by atomic mass is 16.5. The Kier molecular flexibility index (Phi) is 4.49. The number of amides is 1. The molecule has 0 bridgehead atoms. The summed E-state index contributed by atoms with van der Waals surface area (Å²) in [5, 5.41) is 5.00. The zero-order valence-corrected chi connectivity index (χ0v) is 10.5. The Morgan fingerprint density at radius 2 is 2.28 bits per heavy atom. The monoisotopic (exact) mass is 250 g/mol. The second-order valence-corrected chi connectivity index (χ2v) is 3.99. The molecule has 1 aromatic rings. The first-order valence-electron chi connectivity index (χ1n) is 6.13. The minimum absolute atomic E-state index is 0.116. The summed E-state index contributed by atoms with van der Waals surface area (Å²) < 4.78 is 5.23. The van der Waals surface area contributed by atoms with Crippen molar-refractivity contribution in [2.24, 2.45) is 0 Å². The van der Waals surface area contributed by atoms with Gasteiger partial charge in [0, 0.05) is 25.8 Å². The Morgan fingerprint density at radius 3 is 3.00 bits per heavy atom. The van der Waals surface area contributed by atoms with Crippen molar-refractivity contribution < 1.29 is 9.53 Å². The molecule has 1 aliphatic rings. The fourth-order valence-electron chi connectivity index (χ4n) is 1.80. The Labute approximate surface area is 106 Å². The largest absolute Gasteiger partial charge is 0.383 e. The molecule has 6 nitrogen and oxygen atoms in total. The maximum Gasteiger partial charge on any atom is 0.267 e. The summed E-state index contributed by atoms with van der Waals surface area (Å²) >= 11 is 0. The van der Waals surface area contributed by atoms with Crippen LogP contribution in [-0.2, 0) is 4.74 Å². The molecule has 0 aromatic carbocycles. The van der Waals surface area contributed by atoms with Gasteiger partial charge in [0.2, 0.25) is 0 Å². The molecule has 6 heteroatoms. The van der Waals surface area contributed by atoms with Crippen molar-refractivity contribution in [2.75, 3.05) is 38.2 Å². The molecular weight excluding hydrogens is 232 g/mol. The lowest BCUT2D eigenvalue weighted by Gasteiger charge is -2.27. The van der Waals surface area contributed by atoms with Gasteiger partial charge in [-0.15, -0.1) is 0 Å². The maximum atomic E-state index is 12.1. The number of rotatable bonds is 4. The summed E-state index contributed by atoms with van der Waals surface area (Å²) in [6.07, 6.45) is 3.28. The van der Waals surface area contributed by atoms with Crippen molar-refractivity contribution in [3.63, 3.8) is 0 Å². The number of nitrogens with one attached hydrogen (secondary N) is 2. The van der Waals surface area contributed by atoms with Crippen LogP contribution >= 0.6 is 0 Å². The zero-order chi connectivity index (χ0) is 12.8. The molecule has 0 aliphatic carbocycles. The SMILES string of the molecule is CCNc1cnccc1C(=O)NN1CCOCC1. The van der Waals surface area contributed by atoms with Crippen LogP contribution in [0.25, 0.3) is 0 Å². The van der Waals surface area contributed by atoms with E-state index in [4.69, 9.17) is 4.74 Å². The fraction of sp³-hybridized carbons (Fsp3) is 0.500. The molecule has 0 unspecified atom stereocenters. The Hall–Kier alpha value is -1.66. The van der Waals surface area contributed by atoms with Crippen molar-refractivity contribution in [3.05, 3.63) is 24.0 Å². The number of morpholine rings is 1. The second-order valence-electron chi connectivity index (χ2n) is 3.99. The summed E-state index contributed by atoms with van der Waals surface area (Å²) in [7, 11) is 0. The standard InChI is InChI=1S/C12H18N4O2/c1-2-14-11-9-13-4-3-10(11)12(17)15-16-5-7-18-8-6-16/h3-4,9,14H,2,5-8H2,1H3,(H,15,17). The van der Waals surface area contributed by atoms with Crippen LogP contribution in [0.3, 0.4) is 0 Å². The average Bonchev–Trinajstić information content (AvgIpc) is 2.41. The summed E-state index contributed by atoms with van der Waals surface area (Å²) in [4.78, 5) is 16.2. The minimum Gasteiger partial charge on any atom is -0.383 e. The van der Waals surface area contributed by atoms with Gasteiger partial charge < -0.3 is 10.1 Å². The van der Waals surface area contributed by atoms with Crippen LogP contribution in [0.15, 0.2) is 18.5 Å². The molecule has 2 rings (SSSR count). The van der Waals surface area contributed by atoms with Gasteiger partial charge in [0.05, 0.1) is 30.7 Å². The van der Waals surface area contributed by atoms with E-state index in [1.807, 2.05) is 11.9 Å². The van der Waals surface area contributed by atoms with Crippen molar-refractivity contribution >= 4 is 11.6 Å². The lowest BCUT2D eigenvalue weighted by molar-refractivity contribution is 0.0126. The quantitative estimate of drug-likeness (QED) is 0.814. The topological polar surface area (TPSA) is 66.5 Å². The summed E-state index contributed by atoms with van der Waals surface area (Å²) in [5.41, 5.74) is 4.25. The van der Waals surface area contributed by atoms with E-state index in [0.717, 1.165) is 12.2 Å². The first-order valence-corrected chi connectivity index (χ1v) is 6.13. The van der Waals surface area contributed by atoms with Crippen LogP contribution in [-0.4, -0.2) is 48.7 Å². The molecule has 18 heavy (non-hydrogen) atoms. The van der Waals surface area contributed by atoms with Gasteiger partial charge in [-0.2, -0.15) is 0 Å². The lowest BCUT2D eigenvalue weighted by atomic mass is 10.2. The van der Waals surface area contributed by atoms with Gasteiger partial charge in [-0.05, 0) is 13.0 Å². The van der Waals surface area contributed by atoms with Gasteiger partial charge >= 0.3 is 0 Å². The van der Waals surface area contributed by atoms with Crippen LogP contribution in [0.5, 0.6) is 0 Å². The van der Waals surface area contributed by atoms with E-state index in [9.17, 15) is 4.79 Å². The molecule has 1 fully saturated rings. The fourth-order valence-corrected chi connectivity index (χ4v) is 1.80. The predicted molar refractivity (Wildman–Crippen MR) is 68.3 cm³/mol. The van der Waals surface area contributed by atoms with E-state index in [1.54, 1.807) is 18.5 Å². The van der Waals surface area contributed by atoms with E-state index >= 15 is 0 Å². The predicted octanol–water partition coefficient (Wildman–Crippen LogP) is 0.490. The van der Waals surface area contributed by atoms with Crippen LogP contribution in [0, 0.1) is 0 Å². The molecule has 98 valence electrons. The highest BCUT2D eigenvalue weighted by molar-refractivity contribution is 5.99. The number of carbonyl (C=O) groups is 1. The Balaban J connectivity index is 2.03. The van der Waals surface area contributed by atoms with E-state index in [2.05, 4.69) is 15.7 Å². The third-order valence-electron chi connectivity index (χ3n) is 2.70. The Bertz CT molecular complexity index is 405. The molecule has 0 atom stereocenters. The first kappa shape index (κ1) is 12.8. The van der Waals surface area contributed by atoms with Gasteiger partial charge in [-0.1, -0.05) is 0 Å². The smallest absolute Gasteiger partial charge is 0.267 e. The lowest BCUT2D eigenvalue weighted by Crippen LogP contribution is -2.48. The van der Waals surface area contributed by atoms with Crippen molar-refractivity contribution in [2.45, 2.75) is 6.92 Å². The highest BCUT2D eigenvalue weighted by Gasteiger charge is 2.16. The normalized spacial score (nSPS) is 16.3. The zero-order valence-electron chi connectivity index (χ0n) is 10.5. The number of hydrogen-bond acceptors (Lipinski definition) is 5. The summed E-state index contributed by atoms with van der Waals surface area (Å²) in [6.45, 7) is 5.47. The molecule has 1 saturated heterocycles. The number of pyridine rings is 1. The number of nitrogens with zero attached hydrogens (tertiary/aromatic N) is 2. The van der Waals surface area contributed by atoms with Crippen molar-refractivity contribution in [1.29, 1.82) is 0 Å². The third-order valence-corrected chi connectivity index (χ3v) is 2.70. The molecule has 2 N–H and O–H groups in total. The van der Waals surface area contributed by atoms with Gasteiger partial charge in [0.1, 0.15) is 0 Å². The number of hydrazine groups is 1. The van der Waals surface area contributed by atoms with Crippen molar-refractivity contribution in [1.82, 2.24) is 15.4 Å². The van der Waals surface area contributed by atoms with Crippen LogP contribution in [0.2, 0.25) is 0 Å². The molecule has 1 amide bonds. The van der Waals surface area contributed by atoms with Gasteiger partial charge in [-0.25, -0.2) is 5.01 Å². The number of aromatic nitrogens is 1. The van der Waals surface area contributed by atoms with Crippen LogP contribution < -0.4 is 10.7 Å². The molecular formula is C12H18N4O2. The number of hydrogen-bond donors (Lipinski definition) is 2.